The molecular formula is C19H30N2O3S2. The first kappa shape index (κ1) is 21.3. The molecule has 1 aromatic rings. The van der Waals surface area contributed by atoms with Gasteiger partial charge in [-0.05, 0) is 31.9 Å². The molecule has 0 atom stereocenters. The van der Waals surface area contributed by atoms with Gasteiger partial charge in [-0.2, -0.15) is 16.1 Å². The number of nitrogens with zero attached hydrogens (tertiary/aromatic N) is 1. The highest BCUT2D eigenvalue weighted by atomic mass is 32.2. The lowest BCUT2D eigenvalue weighted by Gasteiger charge is -2.30. The Morgan fingerprint density at radius 2 is 1.77 bits per heavy atom. The van der Waals surface area contributed by atoms with Gasteiger partial charge < -0.3 is 5.32 Å². The highest BCUT2D eigenvalue weighted by molar-refractivity contribution is 8.00. The van der Waals surface area contributed by atoms with Gasteiger partial charge in [0, 0.05) is 36.1 Å². The van der Waals surface area contributed by atoms with Crippen molar-refractivity contribution in [2.45, 2.75) is 50.2 Å². The maximum absolute atomic E-state index is 12.7. The van der Waals surface area contributed by atoms with E-state index >= 15 is 0 Å². The predicted molar refractivity (Wildman–Crippen MR) is 108 cm³/mol. The molecule has 0 unspecified atom stereocenters. The molecule has 1 aliphatic rings. The number of hydrogen-bond acceptors (Lipinski definition) is 4. The summed E-state index contributed by atoms with van der Waals surface area (Å²) in [6, 6.07) is 6.91. The Kier molecular flexibility index (Phi) is 7.16. The fourth-order valence-electron chi connectivity index (χ4n) is 2.89. The third-order valence-electron chi connectivity index (χ3n) is 4.42. The highest BCUT2D eigenvalue weighted by Gasteiger charge is 2.31. The third-order valence-corrected chi connectivity index (χ3v) is 7.61. The zero-order chi connectivity index (χ0) is 19.4. The summed E-state index contributed by atoms with van der Waals surface area (Å²) < 4.78 is 27.1. The molecule has 1 fully saturated rings. The summed E-state index contributed by atoms with van der Waals surface area (Å²) in [7, 11) is -3.47. The summed E-state index contributed by atoms with van der Waals surface area (Å²) in [6.45, 7) is 9.84. The number of carbonyl (C=O) groups is 1. The molecule has 1 saturated heterocycles. The van der Waals surface area contributed by atoms with E-state index in [0.29, 0.717) is 37.4 Å². The van der Waals surface area contributed by atoms with E-state index in [-0.39, 0.29) is 16.6 Å². The normalized spacial score (nSPS) is 17.2. The maximum Gasteiger partial charge on any atom is 0.243 e. The van der Waals surface area contributed by atoms with E-state index in [1.807, 2.05) is 30.8 Å². The molecule has 26 heavy (non-hydrogen) atoms. The number of piperidine rings is 1. The molecule has 1 heterocycles. The van der Waals surface area contributed by atoms with E-state index in [2.05, 4.69) is 26.1 Å². The fraction of sp³-hybridized carbons (Fsp3) is 0.632. The topological polar surface area (TPSA) is 66.5 Å². The standard InChI is InChI=1S/C19H30N2O3S2/c1-15-5-7-17(8-6-15)26(23,24)21-12-9-16(10-13-21)18(22)20-11-14-25-19(2,3)4/h5-8,16H,9-14H2,1-4H3,(H,20,22). The van der Waals surface area contributed by atoms with Crippen LogP contribution < -0.4 is 5.32 Å². The zero-order valence-corrected chi connectivity index (χ0v) is 17.8. The molecule has 5 nitrogen and oxygen atoms in total. The second-order valence-corrected chi connectivity index (χ2v) is 11.6. The van der Waals surface area contributed by atoms with Crippen LogP contribution in [0, 0.1) is 12.8 Å². The molecule has 2 rings (SSSR count). The van der Waals surface area contributed by atoms with Crippen molar-refractivity contribution in [1.29, 1.82) is 0 Å². The van der Waals surface area contributed by atoms with Crippen LogP contribution >= 0.6 is 11.8 Å². The summed E-state index contributed by atoms with van der Waals surface area (Å²) in [6.07, 6.45) is 1.15. The van der Waals surface area contributed by atoms with Crippen LogP contribution in [0.5, 0.6) is 0 Å². The Balaban J connectivity index is 1.82. The van der Waals surface area contributed by atoms with Crippen molar-refractivity contribution in [2.75, 3.05) is 25.4 Å². The van der Waals surface area contributed by atoms with Crippen molar-refractivity contribution in [3.8, 4) is 0 Å². The molecule has 0 aromatic heterocycles. The lowest BCUT2D eigenvalue weighted by Crippen LogP contribution is -2.43. The number of aryl methyl sites for hydroxylation is 1. The minimum Gasteiger partial charge on any atom is -0.355 e. The van der Waals surface area contributed by atoms with Crippen LogP contribution in [-0.4, -0.2) is 48.8 Å². The Labute approximate surface area is 162 Å². The number of carbonyl (C=O) groups excluding carboxylic acids is 1. The first-order valence-electron chi connectivity index (χ1n) is 9.08. The highest BCUT2D eigenvalue weighted by Crippen LogP contribution is 2.25. The molecular weight excluding hydrogens is 368 g/mol. The van der Waals surface area contributed by atoms with Gasteiger partial charge >= 0.3 is 0 Å². The van der Waals surface area contributed by atoms with E-state index in [1.54, 1.807) is 12.1 Å². The molecule has 1 aliphatic heterocycles. The molecule has 0 aliphatic carbocycles. The molecule has 146 valence electrons. The predicted octanol–water partition coefficient (Wildman–Crippen LogP) is 3.04. The van der Waals surface area contributed by atoms with Gasteiger partial charge in [-0.25, -0.2) is 8.42 Å². The van der Waals surface area contributed by atoms with Crippen LogP contribution in [0.2, 0.25) is 0 Å². The third kappa shape index (κ3) is 5.99. The molecule has 0 radical (unpaired) electrons. The van der Waals surface area contributed by atoms with E-state index in [0.717, 1.165) is 11.3 Å². The van der Waals surface area contributed by atoms with Gasteiger partial charge in [0.1, 0.15) is 0 Å². The largest absolute Gasteiger partial charge is 0.355 e. The maximum atomic E-state index is 12.7. The summed E-state index contributed by atoms with van der Waals surface area (Å²) in [4.78, 5) is 12.6. The van der Waals surface area contributed by atoms with Gasteiger partial charge in [0.05, 0.1) is 4.90 Å². The van der Waals surface area contributed by atoms with E-state index in [1.165, 1.54) is 4.31 Å². The van der Waals surface area contributed by atoms with Crippen molar-refractivity contribution >= 4 is 27.7 Å². The minimum atomic E-state index is -3.47. The Morgan fingerprint density at radius 3 is 2.31 bits per heavy atom. The number of amides is 1. The lowest BCUT2D eigenvalue weighted by molar-refractivity contribution is -0.125. The molecule has 7 heteroatoms. The van der Waals surface area contributed by atoms with Gasteiger partial charge in [-0.3, -0.25) is 4.79 Å². The number of nitrogens with one attached hydrogen (secondary N) is 1. The van der Waals surface area contributed by atoms with Gasteiger partial charge in [-0.1, -0.05) is 38.5 Å². The fourth-order valence-corrected chi connectivity index (χ4v) is 5.18. The Morgan fingerprint density at radius 1 is 1.19 bits per heavy atom. The van der Waals surface area contributed by atoms with Gasteiger partial charge in [-0.15, -0.1) is 0 Å². The SMILES string of the molecule is Cc1ccc(S(=O)(=O)N2CCC(C(=O)NCCSC(C)(C)C)CC2)cc1. The van der Waals surface area contributed by atoms with Crippen molar-refractivity contribution in [3.63, 3.8) is 0 Å². The summed E-state index contributed by atoms with van der Waals surface area (Å²) in [5.41, 5.74) is 1.03. The second kappa shape index (κ2) is 8.76. The van der Waals surface area contributed by atoms with Gasteiger partial charge in [0.15, 0.2) is 0 Å². The molecule has 0 bridgehead atoms. The van der Waals surface area contributed by atoms with Crippen molar-refractivity contribution in [3.05, 3.63) is 29.8 Å². The zero-order valence-electron chi connectivity index (χ0n) is 16.1. The first-order chi connectivity index (χ1) is 12.1. The van der Waals surface area contributed by atoms with Crippen LogP contribution in [0.25, 0.3) is 0 Å². The first-order valence-corrected chi connectivity index (χ1v) is 11.5. The van der Waals surface area contributed by atoms with Crippen molar-refractivity contribution < 1.29 is 13.2 Å². The van der Waals surface area contributed by atoms with Gasteiger partial charge in [0.25, 0.3) is 0 Å². The van der Waals surface area contributed by atoms with E-state index in [9.17, 15) is 13.2 Å². The number of thioether (sulfide) groups is 1. The summed E-state index contributed by atoms with van der Waals surface area (Å²) in [5, 5.41) is 2.99. The average molecular weight is 399 g/mol. The van der Waals surface area contributed by atoms with Crippen LogP contribution in [0.4, 0.5) is 0 Å². The lowest BCUT2D eigenvalue weighted by atomic mass is 9.97. The Hall–Kier alpha value is -1.05. The van der Waals surface area contributed by atoms with Crippen LogP contribution in [0.15, 0.2) is 29.2 Å². The van der Waals surface area contributed by atoms with Crippen molar-refractivity contribution in [1.82, 2.24) is 9.62 Å². The Bertz CT molecular complexity index is 701. The number of rotatable bonds is 6. The molecule has 0 saturated carbocycles. The number of sulfonamides is 1. The summed E-state index contributed by atoms with van der Waals surface area (Å²) in [5.74, 6) is 0.835. The second-order valence-electron chi connectivity index (χ2n) is 7.74. The monoisotopic (exact) mass is 398 g/mol. The number of hydrogen-bond donors (Lipinski definition) is 1. The van der Waals surface area contributed by atoms with Gasteiger partial charge in [0.2, 0.25) is 15.9 Å². The van der Waals surface area contributed by atoms with Crippen molar-refractivity contribution in [2.24, 2.45) is 5.92 Å². The quantitative estimate of drug-likeness (QED) is 0.748. The molecule has 1 amide bonds. The minimum absolute atomic E-state index is 0.0480. The summed E-state index contributed by atoms with van der Waals surface area (Å²) >= 11 is 1.82. The van der Waals surface area contributed by atoms with E-state index < -0.39 is 10.0 Å². The average Bonchev–Trinajstić information content (AvgIpc) is 2.58. The number of benzene rings is 1. The van der Waals surface area contributed by atoms with Crippen LogP contribution in [-0.2, 0) is 14.8 Å². The molecule has 1 aromatic carbocycles. The van der Waals surface area contributed by atoms with E-state index in [4.69, 9.17) is 0 Å². The van der Waals surface area contributed by atoms with Crippen LogP contribution in [0.1, 0.15) is 39.2 Å². The van der Waals surface area contributed by atoms with Crippen LogP contribution in [0.3, 0.4) is 0 Å². The molecule has 0 spiro atoms. The smallest absolute Gasteiger partial charge is 0.243 e. The molecule has 1 N–H and O–H groups in total.